The van der Waals surface area contributed by atoms with Crippen LogP contribution in [0.5, 0.6) is 0 Å². The Hall–Kier alpha value is -2.55. The molecule has 0 saturated carbocycles. The summed E-state index contributed by atoms with van der Waals surface area (Å²) in [7, 11) is 0. The topological polar surface area (TPSA) is 116 Å². The third kappa shape index (κ3) is 4.60. The molecule has 2 heterocycles. The molecule has 2 aliphatic rings. The quantitative estimate of drug-likeness (QED) is 0.533. The average Bonchev–Trinajstić information content (AvgIpc) is 3.18. The molecule has 180 valence electrons. The first kappa shape index (κ1) is 25.1. The van der Waals surface area contributed by atoms with Crippen LogP contribution in [-0.2, 0) is 14.4 Å². The number of amides is 3. The Morgan fingerprint density at radius 3 is 2.33 bits per heavy atom. The van der Waals surface area contributed by atoms with Gasteiger partial charge in [0.1, 0.15) is 23.5 Å². The van der Waals surface area contributed by atoms with Gasteiger partial charge in [-0.1, -0.05) is 52.3 Å². The van der Waals surface area contributed by atoms with Gasteiger partial charge >= 0.3 is 5.97 Å². The highest BCUT2D eigenvalue weighted by molar-refractivity contribution is 8.01. The first-order valence-electron chi connectivity index (χ1n) is 11.3. The average molecular weight is 476 g/mol. The van der Waals surface area contributed by atoms with Gasteiger partial charge in [0.25, 0.3) is 5.91 Å². The second kappa shape index (κ2) is 9.37. The third-order valence-electron chi connectivity index (χ3n) is 6.57. The lowest BCUT2D eigenvalue weighted by Crippen LogP contribution is -2.60. The molecule has 9 heteroatoms. The Kier molecular flexibility index (Phi) is 7.12. The fraction of sp³-hybridized carbons (Fsp3) is 0.583. The molecule has 5 atom stereocenters. The van der Waals surface area contributed by atoms with Crippen LogP contribution in [0.4, 0.5) is 0 Å². The number of carbonyl (C=O) groups excluding carboxylic acids is 3. The van der Waals surface area contributed by atoms with E-state index in [-0.39, 0.29) is 23.1 Å². The number of benzene rings is 1. The summed E-state index contributed by atoms with van der Waals surface area (Å²) in [5.41, 5.74) is 1.49. The molecule has 3 rings (SSSR count). The fourth-order valence-electron chi connectivity index (χ4n) is 4.50. The van der Waals surface area contributed by atoms with Crippen molar-refractivity contribution >= 4 is 35.5 Å². The van der Waals surface area contributed by atoms with E-state index in [2.05, 4.69) is 10.6 Å². The van der Waals surface area contributed by atoms with Crippen molar-refractivity contribution in [2.75, 3.05) is 0 Å². The van der Waals surface area contributed by atoms with Crippen molar-refractivity contribution < 1.29 is 24.3 Å². The zero-order valence-corrected chi connectivity index (χ0v) is 20.7. The SMILES string of the molecule is CCC(C)C(NC(=O)C(NC(=O)C1N2C(=O)c3ccccc3C2SC1(C)C)C(C)C)C(=O)O. The van der Waals surface area contributed by atoms with E-state index in [1.165, 1.54) is 0 Å². The smallest absolute Gasteiger partial charge is 0.326 e. The number of hydrogen-bond acceptors (Lipinski definition) is 5. The van der Waals surface area contributed by atoms with Crippen molar-refractivity contribution in [3.8, 4) is 0 Å². The first-order valence-corrected chi connectivity index (χ1v) is 12.2. The largest absolute Gasteiger partial charge is 0.480 e. The summed E-state index contributed by atoms with van der Waals surface area (Å²) in [5, 5.41) is 14.7. The summed E-state index contributed by atoms with van der Waals surface area (Å²) in [4.78, 5) is 53.0. The van der Waals surface area contributed by atoms with E-state index in [0.29, 0.717) is 12.0 Å². The minimum atomic E-state index is -1.11. The molecular weight excluding hydrogens is 442 g/mol. The number of nitrogens with one attached hydrogen (secondary N) is 2. The van der Waals surface area contributed by atoms with Gasteiger partial charge < -0.3 is 20.6 Å². The van der Waals surface area contributed by atoms with E-state index in [1.807, 2.05) is 32.9 Å². The number of carboxylic acids is 1. The summed E-state index contributed by atoms with van der Waals surface area (Å²) in [6.45, 7) is 11.0. The molecule has 33 heavy (non-hydrogen) atoms. The van der Waals surface area contributed by atoms with Crippen LogP contribution in [0.3, 0.4) is 0 Å². The maximum Gasteiger partial charge on any atom is 0.326 e. The van der Waals surface area contributed by atoms with Crippen LogP contribution >= 0.6 is 11.8 Å². The van der Waals surface area contributed by atoms with Gasteiger partial charge in [-0.25, -0.2) is 4.79 Å². The van der Waals surface area contributed by atoms with Gasteiger partial charge in [-0.2, -0.15) is 0 Å². The lowest BCUT2D eigenvalue weighted by Gasteiger charge is -2.32. The van der Waals surface area contributed by atoms with E-state index in [9.17, 15) is 24.3 Å². The van der Waals surface area contributed by atoms with E-state index in [0.717, 1.165) is 5.56 Å². The van der Waals surface area contributed by atoms with Crippen molar-refractivity contribution in [1.82, 2.24) is 15.5 Å². The number of rotatable bonds is 8. The molecule has 1 aromatic rings. The molecule has 1 fully saturated rings. The van der Waals surface area contributed by atoms with Crippen molar-refractivity contribution in [2.24, 2.45) is 11.8 Å². The first-order chi connectivity index (χ1) is 15.4. The Morgan fingerprint density at radius 1 is 1.12 bits per heavy atom. The Labute approximate surface area is 198 Å². The fourth-order valence-corrected chi connectivity index (χ4v) is 6.09. The molecular formula is C24H33N3O5S. The van der Waals surface area contributed by atoms with Crippen LogP contribution in [0.25, 0.3) is 0 Å². The lowest BCUT2D eigenvalue weighted by molar-refractivity contribution is -0.144. The van der Waals surface area contributed by atoms with Crippen molar-refractivity contribution in [1.29, 1.82) is 0 Å². The third-order valence-corrected chi connectivity index (χ3v) is 8.10. The number of nitrogens with zero attached hydrogens (tertiary/aromatic N) is 1. The minimum absolute atomic E-state index is 0.193. The number of aliphatic carboxylic acids is 1. The normalized spacial score (nSPS) is 23.5. The molecule has 5 unspecified atom stereocenters. The predicted molar refractivity (Wildman–Crippen MR) is 127 cm³/mol. The zero-order valence-electron chi connectivity index (χ0n) is 19.9. The predicted octanol–water partition coefficient (Wildman–Crippen LogP) is 2.79. The van der Waals surface area contributed by atoms with Gasteiger partial charge in [0.2, 0.25) is 11.8 Å². The van der Waals surface area contributed by atoms with Crippen LogP contribution in [0.2, 0.25) is 0 Å². The maximum atomic E-state index is 13.5. The summed E-state index contributed by atoms with van der Waals surface area (Å²) in [6, 6.07) is 4.62. The molecule has 0 aromatic heterocycles. The monoisotopic (exact) mass is 475 g/mol. The molecule has 2 aliphatic heterocycles. The van der Waals surface area contributed by atoms with Gasteiger partial charge in [0.15, 0.2) is 0 Å². The van der Waals surface area contributed by atoms with Crippen molar-refractivity contribution in [2.45, 2.75) is 76.2 Å². The van der Waals surface area contributed by atoms with Crippen LogP contribution in [-0.4, -0.2) is 56.6 Å². The molecule has 0 spiro atoms. The lowest BCUT2D eigenvalue weighted by atomic mass is 9.96. The van der Waals surface area contributed by atoms with E-state index >= 15 is 0 Å². The van der Waals surface area contributed by atoms with Gasteiger partial charge in [-0.3, -0.25) is 14.4 Å². The number of hydrogen-bond donors (Lipinski definition) is 3. The van der Waals surface area contributed by atoms with Gasteiger partial charge in [0, 0.05) is 10.3 Å². The van der Waals surface area contributed by atoms with Crippen LogP contribution in [0, 0.1) is 11.8 Å². The molecule has 8 nitrogen and oxygen atoms in total. The molecule has 3 amide bonds. The second-order valence-corrected chi connectivity index (χ2v) is 11.5. The second-order valence-electron chi connectivity index (χ2n) is 9.72. The summed E-state index contributed by atoms with van der Waals surface area (Å²) < 4.78 is -0.573. The Balaban J connectivity index is 1.82. The van der Waals surface area contributed by atoms with Crippen LogP contribution in [0.1, 0.15) is 69.3 Å². The van der Waals surface area contributed by atoms with E-state index in [4.69, 9.17) is 0 Å². The van der Waals surface area contributed by atoms with E-state index in [1.54, 1.807) is 49.6 Å². The number of carbonyl (C=O) groups is 4. The molecule has 1 saturated heterocycles. The highest BCUT2D eigenvalue weighted by atomic mass is 32.2. The minimum Gasteiger partial charge on any atom is -0.480 e. The Bertz CT molecular complexity index is 963. The van der Waals surface area contributed by atoms with Crippen LogP contribution in [0.15, 0.2) is 24.3 Å². The van der Waals surface area contributed by atoms with Gasteiger partial charge in [-0.05, 0) is 37.3 Å². The summed E-state index contributed by atoms with van der Waals surface area (Å²) in [5.74, 6) is -2.80. The van der Waals surface area contributed by atoms with Gasteiger partial charge in [0.05, 0.1) is 0 Å². The molecule has 0 radical (unpaired) electrons. The highest BCUT2D eigenvalue weighted by Gasteiger charge is 2.57. The molecule has 0 bridgehead atoms. The summed E-state index contributed by atoms with van der Waals surface area (Å²) in [6.07, 6.45) is 0.586. The van der Waals surface area contributed by atoms with Crippen molar-refractivity contribution in [3.05, 3.63) is 35.4 Å². The number of carboxylic acid groups (broad SMARTS) is 1. The molecule has 3 N–H and O–H groups in total. The molecule has 1 aromatic carbocycles. The summed E-state index contributed by atoms with van der Waals surface area (Å²) >= 11 is 1.55. The highest BCUT2D eigenvalue weighted by Crippen LogP contribution is 2.56. The zero-order chi connectivity index (χ0) is 24.7. The molecule has 0 aliphatic carbocycles. The standard InChI is InChI=1S/C24H33N3O5S/c1-7-13(4)17(23(31)32)26-19(28)16(12(2)3)25-20(29)18-24(5,6)33-22-15-11-9-8-10-14(15)21(30)27(18)22/h8-13,16-18,22H,7H2,1-6H3,(H,25,29)(H,26,28)(H,31,32). The maximum absolute atomic E-state index is 13.5. The number of fused-ring (bicyclic) bond motifs is 3. The van der Waals surface area contributed by atoms with Crippen LogP contribution < -0.4 is 10.6 Å². The number of thioether (sulfide) groups is 1. The van der Waals surface area contributed by atoms with Crippen molar-refractivity contribution in [3.63, 3.8) is 0 Å². The van der Waals surface area contributed by atoms with E-state index < -0.39 is 40.7 Å². The Morgan fingerprint density at radius 2 is 1.76 bits per heavy atom. The van der Waals surface area contributed by atoms with Gasteiger partial charge in [-0.15, -0.1) is 11.8 Å².